The summed E-state index contributed by atoms with van der Waals surface area (Å²) in [6, 6.07) is -0.713. The fourth-order valence-corrected chi connectivity index (χ4v) is 5.52. The van der Waals surface area contributed by atoms with Crippen molar-refractivity contribution in [2.45, 2.75) is 104 Å². The van der Waals surface area contributed by atoms with Crippen molar-refractivity contribution in [3.05, 3.63) is 0 Å². The van der Waals surface area contributed by atoms with Crippen molar-refractivity contribution in [1.82, 2.24) is 5.32 Å². The molecule has 1 aliphatic heterocycles. The number of carbonyl (C=O) groups is 1. The van der Waals surface area contributed by atoms with Crippen LogP contribution >= 0.6 is 0 Å². The Morgan fingerprint density at radius 1 is 1.28 bits per heavy atom. The summed E-state index contributed by atoms with van der Waals surface area (Å²) in [5, 5.41) is 3.11. The number of rotatable bonds is 7. The second-order valence-corrected chi connectivity index (χ2v) is 11.6. The molecule has 0 aromatic heterocycles. The van der Waals surface area contributed by atoms with E-state index in [1.165, 1.54) is 6.42 Å². The molecule has 1 heterocycles. The third-order valence-corrected chi connectivity index (χ3v) is 7.38. The van der Waals surface area contributed by atoms with E-state index in [2.05, 4.69) is 39.9 Å². The van der Waals surface area contributed by atoms with Crippen LogP contribution in [-0.2, 0) is 18.8 Å². The SMILES string of the molecule is CC(C)C[C@H](NC(=O)[C@@H](N)COC(C)(C)C)B1O[C@@H]2C[C@@H]3C[C@@H](C3(C)C)[C@]2(C)O1. The van der Waals surface area contributed by atoms with Gasteiger partial charge in [0.15, 0.2) is 0 Å². The Kier molecular flexibility index (Phi) is 6.21. The van der Waals surface area contributed by atoms with Gasteiger partial charge in [0.2, 0.25) is 5.91 Å². The monoisotopic (exact) mass is 408 g/mol. The van der Waals surface area contributed by atoms with E-state index in [1.807, 2.05) is 20.8 Å². The van der Waals surface area contributed by atoms with Crippen LogP contribution < -0.4 is 11.1 Å². The van der Waals surface area contributed by atoms with Crippen LogP contribution in [0.15, 0.2) is 0 Å². The quantitative estimate of drug-likeness (QED) is 0.633. The number of hydrogen-bond donors (Lipinski definition) is 2. The van der Waals surface area contributed by atoms with Crippen molar-refractivity contribution in [2.75, 3.05) is 6.61 Å². The smallest absolute Gasteiger partial charge is 0.404 e. The topological polar surface area (TPSA) is 82.8 Å². The molecule has 0 radical (unpaired) electrons. The molecule has 6 atom stereocenters. The fraction of sp³-hybridized carbons (Fsp3) is 0.955. The minimum absolute atomic E-state index is 0.105. The average molecular weight is 408 g/mol. The van der Waals surface area contributed by atoms with E-state index in [9.17, 15) is 4.79 Å². The lowest BCUT2D eigenvalue weighted by Crippen LogP contribution is -2.65. The fourth-order valence-electron chi connectivity index (χ4n) is 5.52. The summed E-state index contributed by atoms with van der Waals surface area (Å²) in [5.74, 6) is 1.17. The highest BCUT2D eigenvalue weighted by molar-refractivity contribution is 6.47. The standard InChI is InChI=1S/C22H41BN2O4/c1-13(2)9-18(25-19(26)15(24)12-27-20(3,4)5)23-28-17-11-14-10-16(21(14,6)7)22(17,8)29-23/h13-18H,9-12,24H2,1-8H3,(H,25,26)/t14-,15-,16-,17+,18-,22-/m0/s1. The molecule has 29 heavy (non-hydrogen) atoms. The minimum atomic E-state index is -0.713. The normalized spacial score (nSPS) is 35.1. The molecule has 0 aromatic carbocycles. The molecule has 4 fully saturated rings. The molecular formula is C22H41BN2O4. The van der Waals surface area contributed by atoms with Crippen molar-refractivity contribution >= 4 is 13.0 Å². The first kappa shape index (κ1) is 23.0. The molecule has 3 saturated carbocycles. The van der Waals surface area contributed by atoms with Crippen molar-refractivity contribution < 1.29 is 18.8 Å². The van der Waals surface area contributed by atoms with E-state index in [4.69, 9.17) is 19.8 Å². The van der Waals surface area contributed by atoms with Crippen LogP contribution in [0.1, 0.15) is 74.7 Å². The van der Waals surface area contributed by atoms with Gasteiger partial charge in [-0.3, -0.25) is 4.79 Å². The number of ether oxygens (including phenoxy) is 1. The first-order chi connectivity index (χ1) is 13.2. The Morgan fingerprint density at radius 2 is 1.93 bits per heavy atom. The van der Waals surface area contributed by atoms with Crippen molar-refractivity contribution in [3.8, 4) is 0 Å². The Balaban J connectivity index is 1.66. The van der Waals surface area contributed by atoms with Crippen LogP contribution in [0.5, 0.6) is 0 Å². The van der Waals surface area contributed by atoms with Gasteiger partial charge in [0.05, 0.1) is 29.9 Å². The van der Waals surface area contributed by atoms with Crippen LogP contribution in [0.2, 0.25) is 0 Å². The van der Waals surface area contributed by atoms with Gasteiger partial charge in [-0.25, -0.2) is 0 Å². The Labute approximate surface area is 177 Å². The molecule has 0 spiro atoms. The van der Waals surface area contributed by atoms with E-state index >= 15 is 0 Å². The summed E-state index contributed by atoms with van der Waals surface area (Å²) < 4.78 is 18.7. The first-order valence-electron chi connectivity index (χ1n) is 11.3. The van der Waals surface area contributed by atoms with Gasteiger partial charge in [0, 0.05) is 0 Å². The van der Waals surface area contributed by atoms with Gasteiger partial charge in [-0.1, -0.05) is 27.7 Å². The summed E-state index contributed by atoms with van der Waals surface area (Å²) in [5.41, 5.74) is 5.78. The summed E-state index contributed by atoms with van der Waals surface area (Å²) >= 11 is 0. The van der Waals surface area contributed by atoms with Gasteiger partial charge >= 0.3 is 7.12 Å². The molecule has 0 unspecified atom stereocenters. The minimum Gasteiger partial charge on any atom is -0.404 e. The first-order valence-corrected chi connectivity index (χ1v) is 11.3. The van der Waals surface area contributed by atoms with Crippen LogP contribution in [0, 0.1) is 23.2 Å². The maximum Gasteiger partial charge on any atom is 0.481 e. The zero-order valence-corrected chi connectivity index (χ0v) is 19.6. The third-order valence-electron chi connectivity index (χ3n) is 7.38. The van der Waals surface area contributed by atoms with E-state index < -0.39 is 13.2 Å². The highest BCUT2D eigenvalue weighted by Gasteiger charge is 2.68. The predicted octanol–water partition coefficient (Wildman–Crippen LogP) is 2.93. The van der Waals surface area contributed by atoms with E-state index in [0.29, 0.717) is 23.2 Å². The molecule has 4 aliphatic rings. The van der Waals surface area contributed by atoms with Crippen LogP contribution in [-0.4, -0.2) is 48.9 Å². The van der Waals surface area contributed by atoms with Crippen LogP contribution in [0.4, 0.5) is 0 Å². The number of nitrogens with two attached hydrogens (primary N) is 1. The number of amides is 1. The zero-order chi connectivity index (χ0) is 21.8. The van der Waals surface area contributed by atoms with Crippen LogP contribution in [0.25, 0.3) is 0 Å². The highest BCUT2D eigenvalue weighted by Crippen LogP contribution is 2.65. The van der Waals surface area contributed by atoms with Crippen LogP contribution in [0.3, 0.4) is 0 Å². The number of hydrogen-bond acceptors (Lipinski definition) is 5. The molecule has 6 nitrogen and oxygen atoms in total. The van der Waals surface area contributed by atoms with Crippen molar-refractivity contribution in [2.24, 2.45) is 28.9 Å². The van der Waals surface area contributed by atoms with E-state index in [-0.39, 0.29) is 35.8 Å². The predicted molar refractivity (Wildman–Crippen MR) is 115 cm³/mol. The van der Waals surface area contributed by atoms with E-state index in [0.717, 1.165) is 12.8 Å². The molecule has 1 amide bonds. The molecular weight excluding hydrogens is 367 g/mol. The van der Waals surface area contributed by atoms with Crippen molar-refractivity contribution in [3.63, 3.8) is 0 Å². The van der Waals surface area contributed by atoms with Gasteiger partial charge in [-0.15, -0.1) is 0 Å². The molecule has 3 aliphatic carbocycles. The third kappa shape index (κ3) is 4.53. The van der Waals surface area contributed by atoms with E-state index in [1.54, 1.807) is 0 Å². The van der Waals surface area contributed by atoms with Gasteiger partial charge in [-0.05, 0) is 70.1 Å². The second kappa shape index (κ2) is 7.81. The maximum absolute atomic E-state index is 12.8. The molecule has 2 bridgehead atoms. The number of nitrogens with one attached hydrogen (secondary N) is 1. The molecule has 166 valence electrons. The molecule has 4 rings (SSSR count). The largest absolute Gasteiger partial charge is 0.481 e. The summed E-state index contributed by atoms with van der Waals surface area (Å²) in [6.07, 6.45) is 3.14. The lowest BCUT2D eigenvalue weighted by molar-refractivity contribution is -0.199. The average Bonchev–Trinajstić information content (AvgIpc) is 2.94. The Bertz CT molecular complexity index is 620. The lowest BCUT2D eigenvalue weighted by atomic mass is 9.43. The Hall–Kier alpha value is -0.625. The van der Waals surface area contributed by atoms with Crippen molar-refractivity contribution in [1.29, 1.82) is 0 Å². The summed E-state index contributed by atoms with van der Waals surface area (Å²) in [6.45, 7) is 17.2. The molecule has 7 heteroatoms. The molecule has 0 aromatic rings. The Morgan fingerprint density at radius 3 is 2.48 bits per heavy atom. The maximum atomic E-state index is 12.8. The van der Waals surface area contributed by atoms with Gasteiger partial charge in [0.1, 0.15) is 6.04 Å². The lowest BCUT2D eigenvalue weighted by Gasteiger charge is -2.64. The molecule has 1 saturated heterocycles. The summed E-state index contributed by atoms with van der Waals surface area (Å²) in [4.78, 5) is 12.8. The van der Waals surface area contributed by atoms with Gasteiger partial charge in [-0.2, -0.15) is 0 Å². The zero-order valence-electron chi connectivity index (χ0n) is 19.6. The van der Waals surface area contributed by atoms with Gasteiger partial charge in [0.25, 0.3) is 0 Å². The molecule has 3 N–H and O–H groups in total. The summed E-state index contributed by atoms with van der Waals surface area (Å²) in [7, 11) is -0.428. The highest BCUT2D eigenvalue weighted by atomic mass is 16.7. The van der Waals surface area contributed by atoms with Gasteiger partial charge < -0.3 is 25.1 Å². The number of carbonyl (C=O) groups excluding carboxylic acids is 1. The second-order valence-electron chi connectivity index (χ2n) is 11.6.